The average molecular weight is 269 g/mol. The molecule has 0 saturated heterocycles. The summed E-state index contributed by atoms with van der Waals surface area (Å²) in [5, 5.41) is 0. The molecule has 0 amide bonds. The summed E-state index contributed by atoms with van der Waals surface area (Å²) in [5.41, 5.74) is 6.68. The summed E-state index contributed by atoms with van der Waals surface area (Å²) >= 11 is 0. The molecule has 0 radical (unpaired) electrons. The maximum absolute atomic E-state index is 6.09. The molecular formula is C13H23NO3Si. The molecule has 1 saturated carbocycles. The lowest BCUT2D eigenvalue weighted by molar-refractivity contribution is 0.113. The quantitative estimate of drug-likeness (QED) is 0.833. The van der Waals surface area contributed by atoms with Crippen LogP contribution in [0.1, 0.15) is 30.5 Å². The standard InChI is InChI=1S/C10H17NO3Si.C3H6/c1-12-15(13-2,14-3)10(11)9-7-5-4-6-8-9;1-2-3-1/h4-8,10H,11H2,1-3H3;1-3H2. The lowest BCUT2D eigenvalue weighted by atomic mass is 10.2. The van der Waals surface area contributed by atoms with Gasteiger partial charge in [0.2, 0.25) is 0 Å². The van der Waals surface area contributed by atoms with Crippen molar-refractivity contribution in [3.8, 4) is 0 Å². The second kappa shape index (κ2) is 7.65. The van der Waals surface area contributed by atoms with Gasteiger partial charge in [-0.05, 0) is 5.56 Å². The van der Waals surface area contributed by atoms with Crippen LogP contribution in [0.3, 0.4) is 0 Å². The number of rotatable bonds is 5. The average Bonchev–Trinajstić information content (AvgIpc) is 3.30. The molecule has 0 aromatic heterocycles. The molecule has 0 bridgehead atoms. The van der Waals surface area contributed by atoms with Gasteiger partial charge in [0.1, 0.15) is 5.67 Å². The summed E-state index contributed by atoms with van der Waals surface area (Å²) in [6.45, 7) is 0. The minimum atomic E-state index is -2.78. The summed E-state index contributed by atoms with van der Waals surface area (Å²) in [4.78, 5) is 0. The van der Waals surface area contributed by atoms with Crippen LogP contribution in [-0.2, 0) is 13.3 Å². The van der Waals surface area contributed by atoms with E-state index in [0.717, 1.165) is 5.56 Å². The van der Waals surface area contributed by atoms with Gasteiger partial charge in [-0.3, -0.25) is 0 Å². The number of benzene rings is 1. The SMILES string of the molecule is C1CC1.CO[Si](OC)(OC)C(N)c1ccccc1. The van der Waals surface area contributed by atoms with E-state index in [1.165, 1.54) is 19.3 Å². The molecule has 0 heterocycles. The third kappa shape index (κ3) is 4.19. The molecule has 1 aliphatic rings. The fourth-order valence-electron chi connectivity index (χ4n) is 1.50. The van der Waals surface area contributed by atoms with Crippen molar-refractivity contribution in [1.82, 2.24) is 0 Å². The highest BCUT2D eigenvalue weighted by Crippen LogP contribution is 2.23. The summed E-state index contributed by atoms with van der Waals surface area (Å²) in [5.74, 6) is 0. The molecule has 1 aromatic rings. The van der Waals surface area contributed by atoms with Gasteiger partial charge in [-0.15, -0.1) is 0 Å². The Kier molecular flexibility index (Phi) is 6.52. The molecule has 0 spiro atoms. The lowest BCUT2D eigenvalue weighted by Crippen LogP contribution is -2.52. The van der Waals surface area contributed by atoms with E-state index in [2.05, 4.69) is 0 Å². The van der Waals surface area contributed by atoms with Crippen molar-refractivity contribution in [2.45, 2.75) is 24.9 Å². The molecule has 18 heavy (non-hydrogen) atoms. The molecular weight excluding hydrogens is 246 g/mol. The van der Waals surface area contributed by atoms with Crippen LogP contribution in [0.5, 0.6) is 0 Å². The molecule has 1 aliphatic carbocycles. The molecule has 2 rings (SSSR count). The molecule has 1 aromatic carbocycles. The Bertz CT molecular complexity index is 317. The number of nitrogens with two attached hydrogens (primary N) is 1. The van der Waals surface area contributed by atoms with Gasteiger partial charge in [-0.1, -0.05) is 49.6 Å². The summed E-state index contributed by atoms with van der Waals surface area (Å²) in [6.07, 6.45) is 4.50. The van der Waals surface area contributed by atoms with Crippen molar-refractivity contribution >= 4 is 8.80 Å². The van der Waals surface area contributed by atoms with Gasteiger partial charge in [0.15, 0.2) is 0 Å². The maximum atomic E-state index is 6.09. The first-order chi connectivity index (χ1) is 8.70. The molecule has 0 aliphatic heterocycles. The predicted octanol–water partition coefficient (Wildman–Crippen LogP) is 2.27. The number of hydrogen-bond donors (Lipinski definition) is 1. The first kappa shape index (κ1) is 15.3. The third-order valence-electron chi connectivity index (χ3n) is 2.75. The van der Waals surface area contributed by atoms with Gasteiger partial charge >= 0.3 is 8.80 Å². The fraction of sp³-hybridized carbons (Fsp3) is 0.538. The molecule has 1 unspecified atom stereocenters. The zero-order valence-corrected chi connectivity index (χ0v) is 12.4. The van der Waals surface area contributed by atoms with Crippen molar-refractivity contribution in [3.05, 3.63) is 35.9 Å². The minimum Gasteiger partial charge on any atom is -0.376 e. The molecule has 1 atom stereocenters. The topological polar surface area (TPSA) is 53.7 Å². The first-order valence-corrected chi connectivity index (χ1v) is 7.96. The molecule has 1 fully saturated rings. The van der Waals surface area contributed by atoms with Crippen molar-refractivity contribution in [1.29, 1.82) is 0 Å². The maximum Gasteiger partial charge on any atom is 0.522 e. The largest absolute Gasteiger partial charge is 0.522 e. The van der Waals surface area contributed by atoms with Gasteiger partial charge in [0.25, 0.3) is 0 Å². The van der Waals surface area contributed by atoms with Gasteiger partial charge in [0.05, 0.1) is 0 Å². The summed E-state index contributed by atoms with van der Waals surface area (Å²) in [6, 6.07) is 9.66. The van der Waals surface area contributed by atoms with Crippen LogP contribution in [0.2, 0.25) is 0 Å². The second-order valence-electron chi connectivity index (χ2n) is 4.16. The minimum absolute atomic E-state index is 0.362. The Hall–Kier alpha value is -0.723. The molecule has 102 valence electrons. The highest BCUT2D eigenvalue weighted by Gasteiger charge is 2.46. The lowest BCUT2D eigenvalue weighted by Gasteiger charge is -2.29. The molecule has 4 nitrogen and oxygen atoms in total. The Balaban J connectivity index is 0.000000468. The van der Waals surface area contributed by atoms with E-state index in [-0.39, 0.29) is 5.67 Å². The zero-order valence-electron chi connectivity index (χ0n) is 11.4. The van der Waals surface area contributed by atoms with Crippen LogP contribution in [-0.4, -0.2) is 30.1 Å². The van der Waals surface area contributed by atoms with Crippen LogP contribution in [0.15, 0.2) is 30.3 Å². The highest BCUT2D eigenvalue weighted by molar-refractivity contribution is 6.62. The predicted molar refractivity (Wildman–Crippen MR) is 74.0 cm³/mol. The van der Waals surface area contributed by atoms with Crippen LogP contribution >= 0.6 is 0 Å². The van der Waals surface area contributed by atoms with E-state index in [0.29, 0.717) is 0 Å². The Morgan fingerprint density at radius 2 is 1.39 bits per heavy atom. The Morgan fingerprint density at radius 1 is 0.944 bits per heavy atom. The van der Waals surface area contributed by atoms with Gasteiger partial charge in [0, 0.05) is 21.3 Å². The Morgan fingerprint density at radius 3 is 1.72 bits per heavy atom. The van der Waals surface area contributed by atoms with Gasteiger partial charge in [-0.2, -0.15) is 0 Å². The van der Waals surface area contributed by atoms with Crippen molar-refractivity contribution in [3.63, 3.8) is 0 Å². The van der Waals surface area contributed by atoms with Crippen LogP contribution in [0, 0.1) is 0 Å². The monoisotopic (exact) mass is 269 g/mol. The van der Waals surface area contributed by atoms with Crippen LogP contribution < -0.4 is 5.73 Å². The van der Waals surface area contributed by atoms with Crippen molar-refractivity contribution in [2.24, 2.45) is 5.73 Å². The van der Waals surface area contributed by atoms with Gasteiger partial charge < -0.3 is 19.0 Å². The third-order valence-corrected chi connectivity index (χ3v) is 5.55. The highest BCUT2D eigenvalue weighted by atomic mass is 28.4. The van der Waals surface area contributed by atoms with E-state index in [1.807, 2.05) is 30.3 Å². The smallest absolute Gasteiger partial charge is 0.376 e. The van der Waals surface area contributed by atoms with Crippen LogP contribution in [0.4, 0.5) is 0 Å². The molecule has 5 heteroatoms. The second-order valence-corrected chi connectivity index (χ2v) is 7.22. The zero-order chi connectivity index (χ0) is 13.4. The Labute approximate surface area is 110 Å². The van der Waals surface area contributed by atoms with Gasteiger partial charge in [-0.25, -0.2) is 0 Å². The van der Waals surface area contributed by atoms with Crippen molar-refractivity contribution < 1.29 is 13.3 Å². The fourth-order valence-corrected chi connectivity index (χ4v) is 3.36. The van der Waals surface area contributed by atoms with E-state index in [1.54, 1.807) is 21.3 Å². The summed E-state index contributed by atoms with van der Waals surface area (Å²) in [7, 11) is 1.89. The van der Waals surface area contributed by atoms with E-state index in [4.69, 9.17) is 19.0 Å². The number of hydrogen-bond acceptors (Lipinski definition) is 4. The van der Waals surface area contributed by atoms with E-state index >= 15 is 0 Å². The normalized spacial score (nSPS) is 15.6. The summed E-state index contributed by atoms with van der Waals surface area (Å²) < 4.78 is 16.0. The first-order valence-electron chi connectivity index (χ1n) is 6.16. The van der Waals surface area contributed by atoms with Crippen molar-refractivity contribution in [2.75, 3.05) is 21.3 Å². The van der Waals surface area contributed by atoms with E-state index in [9.17, 15) is 0 Å². The van der Waals surface area contributed by atoms with E-state index < -0.39 is 8.80 Å². The van der Waals surface area contributed by atoms with Crippen LogP contribution in [0.25, 0.3) is 0 Å². The molecule has 2 N–H and O–H groups in total.